The molecule has 188 valence electrons. The van der Waals surface area contributed by atoms with Crippen LogP contribution in [0.5, 0.6) is 0 Å². The molecule has 0 radical (unpaired) electrons. The van der Waals surface area contributed by atoms with E-state index in [0.29, 0.717) is 28.5 Å². The summed E-state index contributed by atoms with van der Waals surface area (Å²) < 4.78 is 13.0. The van der Waals surface area contributed by atoms with Gasteiger partial charge in [0.1, 0.15) is 17.0 Å². The van der Waals surface area contributed by atoms with E-state index in [1.54, 1.807) is 30.7 Å². The molecule has 5 rings (SSSR count). The van der Waals surface area contributed by atoms with Crippen molar-refractivity contribution in [2.45, 2.75) is 6.92 Å². The van der Waals surface area contributed by atoms with E-state index in [-0.39, 0.29) is 0 Å². The lowest BCUT2D eigenvalue weighted by molar-refractivity contribution is -0.112. The highest BCUT2D eigenvalue weighted by Crippen LogP contribution is 2.27. The Hall–Kier alpha value is -4.44. The van der Waals surface area contributed by atoms with Gasteiger partial charge in [0.05, 0.1) is 5.69 Å². The molecule has 4 heterocycles. The van der Waals surface area contributed by atoms with Crippen molar-refractivity contribution in [3.63, 3.8) is 0 Å². The quantitative estimate of drug-likeness (QED) is 0.378. The van der Waals surface area contributed by atoms with Gasteiger partial charge in [0.2, 0.25) is 5.95 Å². The number of anilines is 4. The molecule has 3 aromatic heterocycles. The third-order valence-electron chi connectivity index (χ3n) is 6.09. The molecule has 2 N–H and O–H groups in total. The number of hydrogen-bond acceptors (Lipinski definition) is 8. The van der Waals surface area contributed by atoms with E-state index >= 15 is 0 Å². The Kier molecular flexibility index (Phi) is 7.00. The highest BCUT2D eigenvalue weighted by molar-refractivity contribution is 6.00. The smallest absolute Gasteiger partial charge is 0.250 e. The highest BCUT2D eigenvalue weighted by atomic mass is 19.1. The maximum absolute atomic E-state index is 13.0. The maximum atomic E-state index is 13.0. The Bertz CT molecular complexity index is 1440. The first-order valence-corrected chi connectivity index (χ1v) is 12.0. The second kappa shape index (κ2) is 10.7. The van der Waals surface area contributed by atoms with Gasteiger partial charge in [-0.15, -0.1) is 0 Å². The van der Waals surface area contributed by atoms with E-state index in [0.717, 1.165) is 43.3 Å². The summed E-state index contributed by atoms with van der Waals surface area (Å²) in [5.74, 6) is -0.703. The van der Waals surface area contributed by atoms with Crippen LogP contribution in [0.4, 0.5) is 27.4 Å². The number of benzene rings is 1. The van der Waals surface area contributed by atoms with E-state index in [4.69, 9.17) is 4.98 Å². The van der Waals surface area contributed by atoms with Crippen LogP contribution in [0.2, 0.25) is 0 Å². The van der Waals surface area contributed by atoms with Crippen molar-refractivity contribution < 1.29 is 9.18 Å². The van der Waals surface area contributed by atoms with Crippen molar-refractivity contribution in [2.75, 3.05) is 48.8 Å². The number of amides is 1. The number of likely N-dealkylation sites (N-methyl/N-ethyl adjacent to an activating group) is 1. The predicted octanol–water partition coefficient (Wildman–Crippen LogP) is 4.39. The Morgan fingerprint density at radius 3 is 2.49 bits per heavy atom. The van der Waals surface area contributed by atoms with E-state index in [2.05, 4.69) is 54.6 Å². The largest absolute Gasteiger partial charge is 0.369 e. The van der Waals surface area contributed by atoms with Gasteiger partial charge in [-0.2, -0.15) is 0 Å². The number of halogens is 1. The molecule has 1 aromatic carbocycles. The molecule has 1 aliphatic rings. The molecule has 0 saturated carbocycles. The molecule has 0 aliphatic carbocycles. The van der Waals surface area contributed by atoms with E-state index in [9.17, 15) is 9.18 Å². The summed E-state index contributed by atoms with van der Waals surface area (Å²) in [5, 5.41) is 6.70. The minimum Gasteiger partial charge on any atom is -0.369 e. The number of carbonyl (C=O) groups is 1. The van der Waals surface area contributed by atoms with Gasteiger partial charge < -0.3 is 20.4 Å². The molecule has 10 heteroatoms. The van der Waals surface area contributed by atoms with Crippen LogP contribution in [-0.2, 0) is 4.79 Å². The van der Waals surface area contributed by atoms with Crippen LogP contribution in [0.15, 0.2) is 73.0 Å². The molecule has 0 bridgehead atoms. The van der Waals surface area contributed by atoms with E-state index < -0.39 is 11.7 Å². The molecule has 1 saturated heterocycles. The van der Waals surface area contributed by atoms with Gasteiger partial charge in [0, 0.05) is 73.3 Å². The van der Waals surface area contributed by atoms with Crippen molar-refractivity contribution in [1.29, 1.82) is 0 Å². The first-order valence-electron chi connectivity index (χ1n) is 12.0. The van der Waals surface area contributed by atoms with Gasteiger partial charge in [-0.25, -0.2) is 14.4 Å². The molecule has 1 amide bonds. The lowest BCUT2D eigenvalue weighted by atomic mass is 10.1. The summed E-state index contributed by atoms with van der Waals surface area (Å²) in [6.07, 6.45) is 5.83. The number of fused-ring (bicyclic) bond motifs is 1. The minimum absolute atomic E-state index is 0.433. The SMILES string of the molecule is CC(F)=CC(=O)Nc1ccnc(-c2nccc3cnc(Nc4ccc(N5CCN(C)CC5)cc4)nc23)c1. The Morgan fingerprint density at radius 1 is 0.973 bits per heavy atom. The van der Waals surface area contributed by atoms with Crippen molar-refractivity contribution in [2.24, 2.45) is 0 Å². The van der Waals surface area contributed by atoms with Gasteiger partial charge in [-0.3, -0.25) is 14.8 Å². The lowest BCUT2D eigenvalue weighted by Gasteiger charge is -2.34. The average molecular weight is 499 g/mol. The van der Waals surface area contributed by atoms with Crippen LogP contribution in [0.25, 0.3) is 22.3 Å². The fourth-order valence-electron chi connectivity index (χ4n) is 4.15. The molecular weight excluding hydrogens is 471 g/mol. The molecule has 1 aliphatic heterocycles. The summed E-state index contributed by atoms with van der Waals surface area (Å²) in [4.78, 5) is 34.7. The predicted molar refractivity (Wildman–Crippen MR) is 143 cm³/mol. The average Bonchev–Trinajstić information content (AvgIpc) is 2.89. The van der Waals surface area contributed by atoms with Crippen molar-refractivity contribution in [1.82, 2.24) is 24.8 Å². The summed E-state index contributed by atoms with van der Waals surface area (Å²) in [6.45, 7) is 5.35. The third-order valence-corrected chi connectivity index (χ3v) is 6.09. The summed E-state index contributed by atoms with van der Waals surface area (Å²) >= 11 is 0. The van der Waals surface area contributed by atoms with E-state index in [1.807, 2.05) is 18.2 Å². The zero-order chi connectivity index (χ0) is 25.8. The Morgan fingerprint density at radius 2 is 1.73 bits per heavy atom. The van der Waals surface area contributed by atoms with Crippen molar-refractivity contribution in [3.05, 3.63) is 73.0 Å². The number of hydrogen-bond donors (Lipinski definition) is 2. The zero-order valence-electron chi connectivity index (χ0n) is 20.6. The van der Waals surface area contributed by atoms with Crippen LogP contribution in [0.3, 0.4) is 0 Å². The summed E-state index contributed by atoms with van der Waals surface area (Å²) in [6, 6.07) is 13.4. The standard InChI is InChI=1S/C27H27FN8O/c1-18(28)15-24(37)32-21-8-10-29-23(16-21)26-25-19(7-9-30-26)17-31-27(34-25)33-20-3-5-22(6-4-20)36-13-11-35(2)12-14-36/h3-10,15-17H,11-14H2,1-2H3,(H,29,32,37)(H,31,33,34). The van der Waals surface area contributed by atoms with Gasteiger partial charge in [-0.05, 0) is 56.4 Å². The maximum Gasteiger partial charge on any atom is 0.250 e. The zero-order valence-corrected chi connectivity index (χ0v) is 20.6. The Labute approximate surface area is 214 Å². The van der Waals surface area contributed by atoms with Crippen LogP contribution >= 0.6 is 0 Å². The molecular formula is C27H27FN8O. The molecule has 0 spiro atoms. The van der Waals surface area contributed by atoms with Crippen LogP contribution in [0, 0.1) is 0 Å². The number of piperazine rings is 1. The fourth-order valence-corrected chi connectivity index (χ4v) is 4.15. The highest BCUT2D eigenvalue weighted by Gasteiger charge is 2.15. The second-order valence-electron chi connectivity index (χ2n) is 8.90. The van der Waals surface area contributed by atoms with Crippen LogP contribution < -0.4 is 15.5 Å². The second-order valence-corrected chi connectivity index (χ2v) is 8.90. The molecule has 37 heavy (non-hydrogen) atoms. The van der Waals surface area contributed by atoms with Crippen LogP contribution in [-0.4, -0.2) is 64.0 Å². The van der Waals surface area contributed by atoms with Crippen LogP contribution in [0.1, 0.15) is 6.92 Å². The molecule has 0 unspecified atom stereocenters. The number of rotatable bonds is 6. The molecule has 1 fully saturated rings. The Balaban J connectivity index is 1.38. The number of pyridine rings is 2. The number of allylic oxidation sites excluding steroid dienone is 1. The van der Waals surface area contributed by atoms with Gasteiger partial charge in [-0.1, -0.05) is 0 Å². The molecule has 0 atom stereocenters. The molecule has 9 nitrogen and oxygen atoms in total. The normalized spacial score (nSPS) is 14.6. The topological polar surface area (TPSA) is 99.2 Å². The number of nitrogens with one attached hydrogen (secondary N) is 2. The fraction of sp³-hybridized carbons (Fsp3) is 0.222. The first-order chi connectivity index (χ1) is 17.9. The monoisotopic (exact) mass is 498 g/mol. The summed E-state index contributed by atoms with van der Waals surface area (Å²) in [7, 11) is 2.15. The number of carbonyl (C=O) groups excluding carboxylic acids is 1. The van der Waals surface area contributed by atoms with Gasteiger partial charge >= 0.3 is 0 Å². The lowest BCUT2D eigenvalue weighted by Crippen LogP contribution is -2.44. The number of nitrogens with zero attached hydrogens (tertiary/aromatic N) is 6. The third kappa shape index (κ3) is 5.87. The summed E-state index contributed by atoms with van der Waals surface area (Å²) in [5.41, 5.74) is 4.22. The molecule has 4 aromatic rings. The minimum atomic E-state index is -0.576. The van der Waals surface area contributed by atoms with Crippen molar-refractivity contribution in [3.8, 4) is 11.4 Å². The van der Waals surface area contributed by atoms with Crippen molar-refractivity contribution >= 4 is 39.8 Å². The number of aromatic nitrogens is 4. The first kappa shape index (κ1) is 24.3. The van der Waals surface area contributed by atoms with Gasteiger partial charge in [0.25, 0.3) is 5.91 Å². The van der Waals surface area contributed by atoms with Gasteiger partial charge in [0.15, 0.2) is 0 Å². The van der Waals surface area contributed by atoms with E-state index in [1.165, 1.54) is 12.6 Å².